The minimum Gasteiger partial charge on any atom is -0.197 e. The molecule has 0 aliphatic carbocycles. The van der Waals surface area contributed by atoms with Crippen LogP contribution in [0.5, 0.6) is 0 Å². The maximum atomic E-state index is 4.24. The highest BCUT2D eigenvalue weighted by atomic mass is 32.1. The van der Waals surface area contributed by atoms with E-state index in [1.165, 1.54) is 22.8 Å². The Bertz CT molecular complexity index is 264. The highest BCUT2D eigenvalue weighted by Crippen LogP contribution is 2.11. The fraction of sp³-hybridized carbons (Fsp3) is 0.125. The van der Waals surface area contributed by atoms with Crippen LogP contribution in [-0.2, 0) is 6.42 Å². The first-order chi connectivity index (χ1) is 5.45. The molecular weight excluding hydrogens is 174 g/mol. The summed E-state index contributed by atoms with van der Waals surface area (Å²) >= 11 is 3.25. The van der Waals surface area contributed by atoms with Gasteiger partial charge >= 0.3 is 0 Å². The van der Waals surface area contributed by atoms with E-state index < -0.39 is 0 Å². The van der Waals surface area contributed by atoms with Gasteiger partial charge in [0.1, 0.15) is 0 Å². The summed E-state index contributed by atoms with van der Waals surface area (Å²) in [6.07, 6.45) is 0.979. The number of aromatic nitrogens is 1. The molecule has 2 aromatic heterocycles. The number of hydrogen-bond acceptors (Lipinski definition) is 3. The van der Waals surface area contributed by atoms with Crippen molar-refractivity contribution in [2.75, 3.05) is 0 Å². The summed E-state index contributed by atoms with van der Waals surface area (Å²) < 4.78 is 4.24. The molecule has 0 fully saturated rings. The number of rotatable bonds is 2. The van der Waals surface area contributed by atoms with E-state index in [0.29, 0.717) is 0 Å². The molecule has 0 N–H and O–H groups in total. The first-order valence-electron chi connectivity index (χ1n) is 3.35. The highest BCUT2D eigenvalue weighted by molar-refractivity contribution is 7.08. The topological polar surface area (TPSA) is 12.9 Å². The van der Waals surface area contributed by atoms with Crippen LogP contribution < -0.4 is 0 Å². The Morgan fingerprint density at radius 3 is 2.91 bits per heavy atom. The minimum atomic E-state index is 0.979. The number of thiophene rings is 1. The molecule has 0 aliphatic heterocycles. The minimum absolute atomic E-state index is 0.979. The van der Waals surface area contributed by atoms with Gasteiger partial charge in [0, 0.05) is 11.8 Å². The van der Waals surface area contributed by atoms with Crippen LogP contribution in [0.2, 0.25) is 0 Å². The molecule has 11 heavy (non-hydrogen) atoms. The quantitative estimate of drug-likeness (QED) is 0.694. The average Bonchev–Trinajstić information content (AvgIpc) is 2.60. The van der Waals surface area contributed by atoms with Gasteiger partial charge in [0.15, 0.2) is 0 Å². The van der Waals surface area contributed by atoms with Crippen LogP contribution >= 0.6 is 22.9 Å². The molecule has 2 rings (SSSR count). The lowest BCUT2D eigenvalue weighted by Crippen LogP contribution is -1.82. The fourth-order valence-corrected chi connectivity index (χ4v) is 2.14. The van der Waals surface area contributed by atoms with E-state index in [1.54, 1.807) is 11.3 Å². The summed E-state index contributed by atoms with van der Waals surface area (Å²) in [6, 6.07) is 4.21. The van der Waals surface area contributed by atoms with Crippen LogP contribution in [0.15, 0.2) is 28.3 Å². The molecule has 56 valence electrons. The SMILES string of the molecule is c1cc(Cc2ccsn2)cs1. The van der Waals surface area contributed by atoms with Gasteiger partial charge in [-0.3, -0.25) is 0 Å². The van der Waals surface area contributed by atoms with Crippen LogP contribution in [0.1, 0.15) is 11.3 Å². The van der Waals surface area contributed by atoms with Crippen molar-refractivity contribution in [3.63, 3.8) is 0 Å². The molecule has 0 saturated carbocycles. The molecule has 0 bridgehead atoms. The Balaban J connectivity index is 2.14. The second kappa shape index (κ2) is 3.15. The van der Waals surface area contributed by atoms with Crippen LogP contribution in [0.25, 0.3) is 0 Å². The van der Waals surface area contributed by atoms with E-state index in [2.05, 4.69) is 27.3 Å². The molecule has 0 aromatic carbocycles. The molecule has 0 spiro atoms. The lowest BCUT2D eigenvalue weighted by molar-refractivity contribution is 1.15. The zero-order valence-electron chi connectivity index (χ0n) is 5.86. The first kappa shape index (κ1) is 7.00. The predicted molar refractivity (Wildman–Crippen MR) is 49.2 cm³/mol. The standard InChI is InChI=1S/C8H7NS2/c1-3-10-6-7(1)5-8-2-4-11-9-8/h1-4,6H,5H2. The highest BCUT2D eigenvalue weighted by Gasteiger charge is 1.96. The summed E-state index contributed by atoms with van der Waals surface area (Å²) in [5.41, 5.74) is 2.54. The van der Waals surface area contributed by atoms with E-state index in [0.717, 1.165) is 6.42 Å². The average molecular weight is 181 g/mol. The van der Waals surface area contributed by atoms with Crippen molar-refractivity contribution in [2.45, 2.75) is 6.42 Å². The third-order valence-electron chi connectivity index (χ3n) is 1.46. The van der Waals surface area contributed by atoms with Gasteiger partial charge in [-0.1, -0.05) is 0 Å². The normalized spacial score (nSPS) is 10.2. The van der Waals surface area contributed by atoms with Gasteiger partial charge in [-0.25, -0.2) is 0 Å². The molecule has 1 nitrogen and oxygen atoms in total. The van der Waals surface area contributed by atoms with Gasteiger partial charge in [-0.15, -0.1) is 0 Å². The van der Waals surface area contributed by atoms with Gasteiger partial charge in [-0.2, -0.15) is 15.7 Å². The third kappa shape index (κ3) is 1.67. The van der Waals surface area contributed by atoms with Gasteiger partial charge in [0.2, 0.25) is 0 Å². The van der Waals surface area contributed by atoms with E-state index in [1.807, 2.05) is 5.38 Å². The van der Waals surface area contributed by atoms with Crippen LogP contribution in [-0.4, -0.2) is 4.37 Å². The summed E-state index contributed by atoms with van der Waals surface area (Å²) in [7, 11) is 0. The van der Waals surface area contributed by atoms with E-state index >= 15 is 0 Å². The van der Waals surface area contributed by atoms with Gasteiger partial charge in [0.25, 0.3) is 0 Å². The second-order valence-electron chi connectivity index (χ2n) is 2.30. The van der Waals surface area contributed by atoms with E-state index in [-0.39, 0.29) is 0 Å². The molecule has 0 saturated heterocycles. The largest absolute Gasteiger partial charge is 0.197 e. The zero-order valence-corrected chi connectivity index (χ0v) is 7.49. The number of nitrogens with zero attached hydrogens (tertiary/aromatic N) is 1. The Kier molecular flexibility index (Phi) is 2.01. The van der Waals surface area contributed by atoms with E-state index in [9.17, 15) is 0 Å². The van der Waals surface area contributed by atoms with Crippen molar-refractivity contribution >= 4 is 22.9 Å². The maximum absolute atomic E-state index is 4.24. The molecule has 0 unspecified atom stereocenters. The summed E-state index contributed by atoms with van der Waals surface area (Å²) in [5, 5.41) is 6.28. The third-order valence-corrected chi connectivity index (χ3v) is 2.79. The fourth-order valence-electron chi connectivity index (χ4n) is 0.931. The predicted octanol–water partition coefficient (Wildman–Crippen LogP) is 2.80. The Hall–Kier alpha value is -0.670. The van der Waals surface area contributed by atoms with Crippen molar-refractivity contribution in [1.29, 1.82) is 0 Å². The van der Waals surface area contributed by atoms with Gasteiger partial charge in [0.05, 0.1) is 5.69 Å². The lowest BCUT2D eigenvalue weighted by Gasteiger charge is -1.89. The van der Waals surface area contributed by atoms with Crippen molar-refractivity contribution in [3.05, 3.63) is 39.5 Å². The van der Waals surface area contributed by atoms with Crippen molar-refractivity contribution < 1.29 is 0 Å². The van der Waals surface area contributed by atoms with Crippen LogP contribution in [0.4, 0.5) is 0 Å². The zero-order chi connectivity index (χ0) is 7.52. The molecule has 0 radical (unpaired) electrons. The van der Waals surface area contributed by atoms with Crippen LogP contribution in [0, 0.1) is 0 Å². The molecule has 0 aliphatic rings. The Morgan fingerprint density at radius 2 is 2.27 bits per heavy atom. The van der Waals surface area contributed by atoms with Crippen molar-refractivity contribution in [1.82, 2.24) is 4.37 Å². The second-order valence-corrected chi connectivity index (χ2v) is 3.74. The lowest BCUT2D eigenvalue weighted by atomic mass is 10.2. The number of hydrogen-bond donors (Lipinski definition) is 0. The van der Waals surface area contributed by atoms with Crippen molar-refractivity contribution in [3.8, 4) is 0 Å². The van der Waals surface area contributed by atoms with Crippen molar-refractivity contribution in [2.24, 2.45) is 0 Å². The smallest absolute Gasteiger partial charge is 0.0586 e. The van der Waals surface area contributed by atoms with Crippen LogP contribution in [0.3, 0.4) is 0 Å². The molecule has 0 atom stereocenters. The Labute approximate surface area is 73.5 Å². The summed E-state index contributed by atoms with van der Waals surface area (Å²) in [4.78, 5) is 0. The molecule has 2 aromatic rings. The molecule has 0 amide bonds. The first-order valence-corrected chi connectivity index (χ1v) is 5.13. The molecule has 2 heterocycles. The summed E-state index contributed by atoms with van der Waals surface area (Å²) in [5.74, 6) is 0. The maximum Gasteiger partial charge on any atom is 0.0586 e. The van der Waals surface area contributed by atoms with E-state index in [4.69, 9.17) is 0 Å². The molecular formula is C8H7NS2. The Morgan fingerprint density at radius 1 is 1.27 bits per heavy atom. The van der Waals surface area contributed by atoms with Gasteiger partial charge in [-0.05, 0) is 40.0 Å². The monoisotopic (exact) mass is 181 g/mol. The summed E-state index contributed by atoms with van der Waals surface area (Å²) in [6.45, 7) is 0. The molecule has 3 heteroatoms. The van der Waals surface area contributed by atoms with Gasteiger partial charge < -0.3 is 0 Å².